The molecule has 0 aromatic heterocycles. The molecule has 0 heterocycles. The first-order valence-electron chi connectivity index (χ1n) is 5.36. The summed E-state index contributed by atoms with van der Waals surface area (Å²) in [7, 11) is 0. The Morgan fingerprint density at radius 3 is 2.72 bits per heavy atom. The van der Waals surface area contributed by atoms with E-state index in [1.165, 1.54) is 0 Å². The molecule has 2 aromatic rings. The molecule has 3 nitrogen and oxygen atoms in total. The van der Waals surface area contributed by atoms with Gasteiger partial charge in [0.05, 0.1) is 5.56 Å². The van der Waals surface area contributed by atoms with Crippen LogP contribution >= 0.6 is 11.6 Å². The Hall–Kier alpha value is -2.18. The lowest BCUT2D eigenvalue weighted by Crippen LogP contribution is -2.01. The summed E-state index contributed by atoms with van der Waals surface area (Å²) in [6.07, 6.45) is 0. The molecule has 0 amide bonds. The van der Waals surface area contributed by atoms with E-state index in [4.69, 9.17) is 27.3 Å². The van der Waals surface area contributed by atoms with Gasteiger partial charge in [-0.25, -0.2) is 0 Å². The summed E-state index contributed by atoms with van der Waals surface area (Å²) in [5.74, 6) is 0.661. The van der Waals surface area contributed by atoms with Gasteiger partial charge in [-0.2, -0.15) is 5.26 Å². The Bertz CT molecular complexity index is 605. The summed E-state index contributed by atoms with van der Waals surface area (Å²) in [5.41, 5.74) is 7.41. The largest absolute Gasteiger partial charge is 0.489 e. The summed E-state index contributed by atoms with van der Waals surface area (Å²) in [4.78, 5) is 0. The molecule has 0 saturated carbocycles. The van der Waals surface area contributed by atoms with Crippen LogP contribution < -0.4 is 10.5 Å². The monoisotopic (exact) mass is 258 g/mol. The van der Waals surface area contributed by atoms with Gasteiger partial charge in [0.15, 0.2) is 0 Å². The van der Waals surface area contributed by atoms with Crippen molar-refractivity contribution < 1.29 is 4.74 Å². The number of anilines is 1. The van der Waals surface area contributed by atoms with Crippen LogP contribution in [0.25, 0.3) is 0 Å². The summed E-state index contributed by atoms with van der Waals surface area (Å²) < 4.78 is 5.58. The van der Waals surface area contributed by atoms with E-state index >= 15 is 0 Å². The highest BCUT2D eigenvalue weighted by molar-refractivity contribution is 6.30. The normalized spacial score (nSPS) is 9.78. The molecule has 0 unspecified atom stereocenters. The summed E-state index contributed by atoms with van der Waals surface area (Å²) in [6.45, 7) is 0.286. The van der Waals surface area contributed by atoms with Crippen molar-refractivity contribution in [3.05, 3.63) is 58.6 Å². The number of ether oxygens (including phenoxy) is 1. The standard InChI is InChI=1S/C14H11ClN2O/c15-11-4-2-5-12(7-11)18-9-10-3-1-6-14(17)13(10)8-16/h1-7H,9,17H2. The molecule has 0 fully saturated rings. The van der Waals surface area contributed by atoms with Gasteiger partial charge in [-0.15, -0.1) is 0 Å². The van der Waals surface area contributed by atoms with Gasteiger partial charge in [-0.05, 0) is 24.3 Å². The lowest BCUT2D eigenvalue weighted by atomic mass is 10.1. The second kappa shape index (κ2) is 5.44. The van der Waals surface area contributed by atoms with Gasteiger partial charge in [0.2, 0.25) is 0 Å². The Morgan fingerprint density at radius 1 is 1.22 bits per heavy atom. The number of nitrogens with two attached hydrogens (primary N) is 1. The van der Waals surface area contributed by atoms with E-state index in [-0.39, 0.29) is 6.61 Å². The zero-order chi connectivity index (χ0) is 13.0. The second-order valence-electron chi connectivity index (χ2n) is 3.74. The first-order chi connectivity index (χ1) is 8.70. The van der Waals surface area contributed by atoms with Crippen LogP contribution in [0, 0.1) is 11.3 Å². The van der Waals surface area contributed by atoms with Crippen LogP contribution in [0.4, 0.5) is 5.69 Å². The number of halogens is 1. The fourth-order valence-corrected chi connectivity index (χ4v) is 1.77. The van der Waals surface area contributed by atoms with E-state index in [1.807, 2.05) is 18.2 Å². The second-order valence-corrected chi connectivity index (χ2v) is 4.18. The van der Waals surface area contributed by atoms with Crippen LogP contribution in [0.5, 0.6) is 5.75 Å². The molecule has 0 aliphatic carbocycles. The minimum Gasteiger partial charge on any atom is -0.489 e. The molecule has 0 spiro atoms. The number of nitrogen functional groups attached to an aromatic ring is 1. The van der Waals surface area contributed by atoms with E-state index in [0.29, 0.717) is 22.0 Å². The molecule has 0 atom stereocenters. The molecule has 2 rings (SSSR count). The third-order valence-corrected chi connectivity index (χ3v) is 2.72. The number of hydrogen-bond acceptors (Lipinski definition) is 3. The molecule has 0 aliphatic heterocycles. The van der Waals surface area contributed by atoms with Crippen LogP contribution in [0.15, 0.2) is 42.5 Å². The molecular formula is C14H11ClN2O. The number of nitrogens with zero attached hydrogens (tertiary/aromatic N) is 1. The van der Waals surface area contributed by atoms with Crippen LogP contribution in [-0.2, 0) is 6.61 Å². The molecule has 0 radical (unpaired) electrons. The molecule has 2 aromatic carbocycles. The van der Waals surface area contributed by atoms with Gasteiger partial charge in [0, 0.05) is 16.3 Å². The summed E-state index contributed by atoms with van der Waals surface area (Å²) in [5, 5.41) is 9.65. The minimum absolute atomic E-state index is 0.286. The lowest BCUT2D eigenvalue weighted by molar-refractivity contribution is 0.306. The van der Waals surface area contributed by atoms with Crippen LogP contribution in [0.3, 0.4) is 0 Å². The molecular weight excluding hydrogens is 248 g/mol. The maximum Gasteiger partial charge on any atom is 0.121 e. The number of rotatable bonds is 3. The molecule has 90 valence electrons. The highest BCUT2D eigenvalue weighted by Gasteiger charge is 2.06. The van der Waals surface area contributed by atoms with Crippen LogP contribution in [0.1, 0.15) is 11.1 Å². The van der Waals surface area contributed by atoms with Crippen molar-refractivity contribution in [2.75, 3.05) is 5.73 Å². The summed E-state index contributed by atoms with van der Waals surface area (Å²) in [6, 6.07) is 14.5. The van der Waals surface area contributed by atoms with Gasteiger partial charge in [0.25, 0.3) is 0 Å². The van der Waals surface area contributed by atoms with E-state index in [9.17, 15) is 0 Å². The zero-order valence-electron chi connectivity index (χ0n) is 9.56. The van der Waals surface area contributed by atoms with Gasteiger partial charge < -0.3 is 10.5 Å². The van der Waals surface area contributed by atoms with Crippen LogP contribution in [-0.4, -0.2) is 0 Å². The van der Waals surface area contributed by atoms with E-state index < -0.39 is 0 Å². The fraction of sp³-hybridized carbons (Fsp3) is 0.0714. The van der Waals surface area contributed by atoms with Crippen LogP contribution in [0.2, 0.25) is 5.02 Å². The number of hydrogen-bond donors (Lipinski definition) is 1. The first kappa shape index (κ1) is 12.3. The summed E-state index contributed by atoms with van der Waals surface area (Å²) >= 11 is 5.86. The SMILES string of the molecule is N#Cc1c(N)cccc1COc1cccc(Cl)c1. The topological polar surface area (TPSA) is 59.0 Å². The van der Waals surface area contributed by atoms with Crippen molar-refractivity contribution >= 4 is 17.3 Å². The van der Waals surface area contributed by atoms with Crippen molar-refractivity contribution in [2.45, 2.75) is 6.61 Å². The lowest BCUT2D eigenvalue weighted by Gasteiger charge is -2.09. The van der Waals surface area contributed by atoms with E-state index in [1.54, 1.807) is 24.3 Å². The Balaban J connectivity index is 2.16. The highest BCUT2D eigenvalue weighted by Crippen LogP contribution is 2.21. The molecule has 0 bridgehead atoms. The van der Waals surface area contributed by atoms with Gasteiger partial charge >= 0.3 is 0 Å². The third kappa shape index (κ3) is 2.73. The maximum absolute atomic E-state index is 9.03. The predicted octanol–water partition coefficient (Wildman–Crippen LogP) is 3.37. The van der Waals surface area contributed by atoms with Crippen molar-refractivity contribution in [1.82, 2.24) is 0 Å². The van der Waals surface area contributed by atoms with Gasteiger partial charge in [0.1, 0.15) is 18.4 Å². The van der Waals surface area contributed by atoms with Gasteiger partial charge in [-0.3, -0.25) is 0 Å². The van der Waals surface area contributed by atoms with E-state index in [2.05, 4.69) is 6.07 Å². The molecule has 2 N–H and O–H groups in total. The fourth-order valence-electron chi connectivity index (χ4n) is 1.59. The molecule has 0 aliphatic rings. The predicted molar refractivity (Wildman–Crippen MR) is 71.4 cm³/mol. The zero-order valence-corrected chi connectivity index (χ0v) is 10.3. The van der Waals surface area contributed by atoms with Crippen molar-refractivity contribution in [3.63, 3.8) is 0 Å². The smallest absolute Gasteiger partial charge is 0.121 e. The number of benzene rings is 2. The Kier molecular flexibility index (Phi) is 3.71. The highest BCUT2D eigenvalue weighted by atomic mass is 35.5. The van der Waals surface area contributed by atoms with Crippen molar-refractivity contribution in [1.29, 1.82) is 5.26 Å². The molecule has 0 saturated heterocycles. The third-order valence-electron chi connectivity index (χ3n) is 2.49. The van der Waals surface area contributed by atoms with Crippen molar-refractivity contribution in [3.8, 4) is 11.8 Å². The van der Waals surface area contributed by atoms with E-state index in [0.717, 1.165) is 5.56 Å². The first-order valence-corrected chi connectivity index (χ1v) is 5.74. The number of nitriles is 1. The average Bonchev–Trinajstić information content (AvgIpc) is 2.36. The van der Waals surface area contributed by atoms with Gasteiger partial charge in [-0.1, -0.05) is 29.8 Å². The molecule has 18 heavy (non-hydrogen) atoms. The Labute approximate surface area is 110 Å². The Morgan fingerprint density at radius 2 is 2.00 bits per heavy atom. The minimum atomic E-state index is 0.286. The molecule has 4 heteroatoms. The quantitative estimate of drug-likeness (QED) is 0.859. The maximum atomic E-state index is 9.03. The average molecular weight is 259 g/mol. The van der Waals surface area contributed by atoms with Crippen molar-refractivity contribution in [2.24, 2.45) is 0 Å².